The summed E-state index contributed by atoms with van der Waals surface area (Å²) in [7, 11) is -3.20. The molecule has 2 aliphatic rings. The van der Waals surface area contributed by atoms with Gasteiger partial charge in [0.1, 0.15) is 28.7 Å². The van der Waals surface area contributed by atoms with E-state index in [0.717, 1.165) is 12.3 Å². The summed E-state index contributed by atoms with van der Waals surface area (Å²) in [6, 6.07) is 8.30. The van der Waals surface area contributed by atoms with Crippen LogP contribution in [0.1, 0.15) is 28.0 Å². The number of aryl methyl sites for hydroxylation is 1. The predicted octanol–water partition coefficient (Wildman–Crippen LogP) is 4.48. The summed E-state index contributed by atoms with van der Waals surface area (Å²) in [5.41, 5.74) is 0.844. The third-order valence-electron chi connectivity index (χ3n) is 6.62. The van der Waals surface area contributed by atoms with Crippen molar-refractivity contribution in [3.05, 3.63) is 64.1 Å². The first-order valence-electron chi connectivity index (χ1n) is 11.9. The van der Waals surface area contributed by atoms with Crippen molar-refractivity contribution in [3.8, 4) is 17.0 Å². The van der Waals surface area contributed by atoms with E-state index in [1.807, 2.05) is 0 Å². The number of carbonyl (C=O) groups is 2. The number of fused-ring (bicyclic) bond motifs is 3. The second-order valence-corrected chi connectivity index (χ2v) is 12.5. The van der Waals surface area contributed by atoms with Crippen molar-refractivity contribution < 1.29 is 36.1 Å². The summed E-state index contributed by atoms with van der Waals surface area (Å²) in [5, 5.41) is 9.86. The molecular weight excluding hydrogens is 578 g/mol. The van der Waals surface area contributed by atoms with Gasteiger partial charge in [-0.15, -0.1) is 0 Å². The minimum absolute atomic E-state index is 0.0133. The summed E-state index contributed by atoms with van der Waals surface area (Å²) in [5.74, 6) is -2.63. The summed E-state index contributed by atoms with van der Waals surface area (Å²) in [4.78, 5) is 26.2. The van der Waals surface area contributed by atoms with Gasteiger partial charge in [0.15, 0.2) is 12.3 Å². The largest absolute Gasteiger partial charge is 0.484 e. The molecule has 1 aliphatic heterocycles. The van der Waals surface area contributed by atoms with Crippen molar-refractivity contribution in [3.63, 3.8) is 0 Å². The molecule has 0 saturated carbocycles. The molecule has 5 rings (SSSR count). The van der Waals surface area contributed by atoms with Crippen LogP contribution in [0.3, 0.4) is 0 Å². The Bertz CT molecular complexity index is 1660. The van der Waals surface area contributed by atoms with E-state index in [0.29, 0.717) is 29.5 Å². The van der Waals surface area contributed by atoms with E-state index in [2.05, 4.69) is 15.7 Å². The Kier molecular flexibility index (Phi) is 6.81. The molecule has 0 radical (unpaired) electrons. The van der Waals surface area contributed by atoms with E-state index in [1.165, 1.54) is 28.9 Å². The fourth-order valence-corrected chi connectivity index (χ4v) is 5.80. The van der Waals surface area contributed by atoms with E-state index in [-0.39, 0.29) is 34.4 Å². The number of aromatic nitrogens is 2. The summed E-state index contributed by atoms with van der Waals surface area (Å²) >= 11 is 5.97. The first-order chi connectivity index (χ1) is 18.6. The average molecular weight is 600 g/mol. The Morgan fingerprint density at radius 2 is 2.05 bits per heavy atom. The third-order valence-corrected chi connectivity index (χ3v) is 7.72. The third kappa shape index (κ3) is 5.50. The van der Waals surface area contributed by atoms with Gasteiger partial charge in [0.25, 0.3) is 5.91 Å². The van der Waals surface area contributed by atoms with Gasteiger partial charge in [0.05, 0.1) is 26.8 Å². The van der Waals surface area contributed by atoms with Gasteiger partial charge in [-0.1, -0.05) is 17.7 Å². The van der Waals surface area contributed by atoms with Crippen LogP contribution in [0.2, 0.25) is 5.02 Å². The van der Waals surface area contributed by atoms with Gasteiger partial charge in [-0.2, -0.15) is 18.3 Å². The first kappa shape index (κ1) is 27.9. The molecule has 2 amide bonds. The zero-order chi connectivity index (χ0) is 29.0. The molecule has 40 heavy (non-hydrogen) atoms. The molecule has 1 spiro atoms. The second-order valence-electron chi connectivity index (χ2n) is 9.82. The van der Waals surface area contributed by atoms with Crippen molar-refractivity contribution in [2.24, 2.45) is 0 Å². The number of halogens is 5. The van der Waals surface area contributed by atoms with Crippen LogP contribution in [0.4, 0.5) is 23.2 Å². The van der Waals surface area contributed by atoms with E-state index < -0.39 is 51.4 Å². The normalized spacial score (nSPS) is 19.5. The van der Waals surface area contributed by atoms with Crippen LogP contribution in [0.5, 0.6) is 5.75 Å². The summed E-state index contributed by atoms with van der Waals surface area (Å²) in [6.07, 6.45) is -2.50. The number of nitrogens with zero attached hydrogens (tertiary/aromatic N) is 2. The standard InChI is InChI=1S/C25H22ClF4N5O4S/c1-40(31,38)10-19(36)32-21-20(14-2-5-18(27)17(26)9-14)34-35-11-24(33-23(37)22(21)35)7-6-13-8-15(3-4-16(13)24)39-12-25(28,29)30/h2-5,8-9,31H,6-7,10-12H2,1H3,(H,32,36)(H,33,37)/t24-,40-/m0/s1. The highest BCUT2D eigenvalue weighted by atomic mass is 35.5. The number of hydrogen-bond acceptors (Lipinski definition) is 6. The second kappa shape index (κ2) is 9.77. The Morgan fingerprint density at radius 1 is 1.30 bits per heavy atom. The zero-order valence-corrected chi connectivity index (χ0v) is 22.4. The van der Waals surface area contributed by atoms with Crippen molar-refractivity contribution in [1.29, 1.82) is 4.78 Å². The molecule has 0 bridgehead atoms. The van der Waals surface area contributed by atoms with Crippen molar-refractivity contribution >= 4 is 38.8 Å². The number of rotatable bonds is 6. The number of alkyl halides is 3. The quantitative estimate of drug-likeness (QED) is 0.360. The van der Waals surface area contributed by atoms with Gasteiger partial charge in [-0.25, -0.2) is 8.60 Å². The molecule has 1 aliphatic carbocycles. The molecule has 3 N–H and O–H groups in total. The molecular formula is C25H22ClF4N5O4S. The van der Waals surface area contributed by atoms with Crippen LogP contribution in [0, 0.1) is 10.6 Å². The molecule has 1 aromatic heterocycles. The lowest BCUT2D eigenvalue weighted by Crippen LogP contribution is -2.52. The van der Waals surface area contributed by atoms with Gasteiger partial charge >= 0.3 is 6.18 Å². The van der Waals surface area contributed by atoms with Crippen LogP contribution in [0.15, 0.2) is 36.4 Å². The monoisotopic (exact) mass is 599 g/mol. The molecule has 15 heteroatoms. The number of amides is 2. The van der Waals surface area contributed by atoms with Gasteiger partial charge in [-0.05, 0) is 54.3 Å². The van der Waals surface area contributed by atoms with Crippen LogP contribution < -0.4 is 15.4 Å². The number of ether oxygens (including phenoxy) is 1. The van der Waals surface area contributed by atoms with Gasteiger partial charge in [-0.3, -0.25) is 19.1 Å². The van der Waals surface area contributed by atoms with Crippen LogP contribution >= 0.6 is 11.6 Å². The maximum Gasteiger partial charge on any atom is 0.422 e. The lowest BCUT2D eigenvalue weighted by atomic mass is 9.89. The van der Waals surface area contributed by atoms with Crippen molar-refractivity contribution in [2.75, 3.05) is 23.9 Å². The van der Waals surface area contributed by atoms with Gasteiger partial charge < -0.3 is 15.4 Å². The minimum Gasteiger partial charge on any atom is -0.484 e. The number of benzene rings is 2. The maximum atomic E-state index is 13.9. The van der Waals surface area contributed by atoms with Gasteiger partial charge in [0.2, 0.25) is 5.91 Å². The highest BCUT2D eigenvalue weighted by molar-refractivity contribution is 7.92. The predicted molar refractivity (Wildman–Crippen MR) is 138 cm³/mol. The Morgan fingerprint density at radius 3 is 2.73 bits per heavy atom. The summed E-state index contributed by atoms with van der Waals surface area (Å²) < 4.78 is 77.4. The number of nitrogens with one attached hydrogen (secondary N) is 3. The van der Waals surface area contributed by atoms with Gasteiger partial charge in [0, 0.05) is 11.8 Å². The Balaban J connectivity index is 1.54. The fourth-order valence-electron chi connectivity index (χ4n) is 5.04. The topological polar surface area (TPSA) is 126 Å². The van der Waals surface area contributed by atoms with E-state index in [4.69, 9.17) is 21.1 Å². The van der Waals surface area contributed by atoms with E-state index in [1.54, 1.807) is 6.07 Å². The smallest absolute Gasteiger partial charge is 0.422 e. The Labute approximate surface area is 230 Å². The SMILES string of the molecule is C[S@](=N)(=O)CC(=O)Nc1c(-c2ccc(F)c(Cl)c2)nn2c1C(=O)N[C@@]1(CCc3cc(OCC(F)(F)F)ccc31)C2. The molecule has 2 heterocycles. The Hall–Kier alpha value is -3.65. The van der Waals surface area contributed by atoms with Crippen LogP contribution in [0.25, 0.3) is 11.3 Å². The molecule has 0 saturated heterocycles. The van der Waals surface area contributed by atoms with E-state index in [9.17, 15) is 31.4 Å². The van der Waals surface area contributed by atoms with E-state index >= 15 is 0 Å². The van der Waals surface area contributed by atoms with Crippen LogP contribution in [-0.4, -0.2) is 50.6 Å². The molecule has 2 aromatic carbocycles. The molecule has 2 atom stereocenters. The molecule has 0 fully saturated rings. The number of hydrogen-bond donors (Lipinski definition) is 3. The lowest BCUT2D eigenvalue weighted by Gasteiger charge is -2.36. The minimum atomic E-state index is -4.48. The molecule has 9 nitrogen and oxygen atoms in total. The highest BCUT2D eigenvalue weighted by Gasteiger charge is 2.46. The lowest BCUT2D eigenvalue weighted by molar-refractivity contribution is -0.153. The van der Waals surface area contributed by atoms with Crippen LogP contribution in [-0.2, 0) is 33.0 Å². The van der Waals surface area contributed by atoms with Crippen molar-refractivity contribution in [2.45, 2.75) is 31.1 Å². The highest BCUT2D eigenvalue weighted by Crippen LogP contribution is 2.44. The first-order valence-corrected chi connectivity index (χ1v) is 14.4. The fraction of sp³-hybridized carbons (Fsp3) is 0.320. The number of anilines is 1. The number of carbonyl (C=O) groups excluding carboxylic acids is 2. The summed E-state index contributed by atoms with van der Waals surface area (Å²) in [6.45, 7) is -1.31. The van der Waals surface area contributed by atoms with Crippen molar-refractivity contribution in [1.82, 2.24) is 15.1 Å². The molecule has 212 valence electrons. The maximum absolute atomic E-state index is 13.9. The average Bonchev–Trinajstić information content (AvgIpc) is 3.36. The zero-order valence-electron chi connectivity index (χ0n) is 20.8. The molecule has 3 aromatic rings. The molecule has 0 unspecified atom stereocenters.